The first-order chi connectivity index (χ1) is 11.0. The maximum atomic E-state index is 13.3. The number of rotatable bonds is 6. The van der Waals surface area contributed by atoms with Gasteiger partial charge in [0.05, 0.1) is 11.4 Å². The lowest BCUT2D eigenvalue weighted by molar-refractivity contribution is -0.0604. The van der Waals surface area contributed by atoms with Crippen molar-refractivity contribution in [3.63, 3.8) is 0 Å². The largest absolute Gasteiger partial charge is 0.431 e. The number of para-hydroxylation sites is 2. The Balaban J connectivity index is 2.46. The highest BCUT2D eigenvalue weighted by molar-refractivity contribution is 7.98. The van der Waals surface area contributed by atoms with Gasteiger partial charge in [0.25, 0.3) is 0 Å². The van der Waals surface area contributed by atoms with Crippen molar-refractivity contribution in [1.82, 2.24) is 0 Å². The van der Waals surface area contributed by atoms with Crippen molar-refractivity contribution in [3.05, 3.63) is 60.7 Å². The molecule has 0 bridgehead atoms. The molecular weight excluding hydrogens is 321 g/mol. The van der Waals surface area contributed by atoms with Crippen LogP contribution in [-0.2, 0) is 0 Å². The van der Waals surface area contributed by atoms with Gasteiger partial charge in [0.1, 0.15) is 5.71 Å². The van der Waals surface area contributed by atoms with Crippen LogP contribution in [0.3, 0.4) is 0 Å². The predicted molar refractivity (Wildman–Crippen MR) is 91.5 cm³/mol. The summed E-state index contributed by atoms with van der Waals surface area (Å²) in [6.45, 7) is 0. The molecule has 2 nitrogen and oxygen atoms in total. The van der Waals surface area contributed by atoms with E-state index in [0.717, 1.165) is 0 Å². The van der Waals surface area contributed by atoms with Crippen LogP contribution in [0.4, 0.5) is 24.5 Å². The number of hydrogen-bond acceptors (Lipinski definition) is 3. The van der Waals surface area contributed by atoms with Crippen molar-refractivity contribution in [3.8, 4) is 0 Å². The molecule has 2 aromatic rings. The van der Waals surface area contributed by atoms with Crippen LogP contribution in [0.5, 0.6) is 0 Å². The molecule has 0 heterocycles. The van der Waals surface area contributed by atoms with E-state index < -0.39 is 11.9 Å². The van der Waals surface area contributed by atoms with E-state index >= 15 is 0 Å². The molecule has 0 spiro atoms. The highest BCUT2D eigenvalue weighted by Gasteiger charge is 2.36. The molecule has 0 fully saturated rings. The standard InChI is InChI=1S/C17H17F3N2S/c1-23-13-12-16(17(18,19)20)21-22(14-8-4-2-5-9-14)15-10-6-3-7-11-15/h2-11H,12-13H2,1H3/b21-16+. The van der Waals surface area contributed by atoms with Crippen molar-refractivity contribution in [1.29, 1.82) is 0 Å². The summed E-state index contributed by atoms with van der Waals surface area (Å²) in [6.07, 6.45) is -2.79. The van der Waals surface area contributed by atoms with Crippen LogP contribution in [0.25, 0.3) is 0 Å². The average Bonchev–Trinajstić information content (AvgIpc) is 2.55. The van der Waals surface area contributed by atoms with Crippen molar-refractivity contribution in [2.45, 2.75) is 12.6 Å². The summed E-state index contributed by atoms with van der Waals surface area (Å²) in [5.74, 6) is 0.371. The molecule has 0 saturated heterocycles. The van der Waals surface area contributed by atoms with E-state index in [1.54, 1.807) is 54.8 Å². The molecule has 2 rings (SSSR count). The normalized spacial score (nSPS) is 12.3. The Morgan fingerprint density at radius 3 is 1.83 bits per heavy atom. The van der Waals surface area contributed by atoms with E-state index in [-0.39, 0.29) is 6.42 Å². The molecule has 6 heteroatoms. The Hall–Kier alpha value is -1.95. The number of benzene rings is 2. The number of halogens is 3. The van der Waals surface area contributed by atoms with Gasteiger partial charge in [-0.25, -0.2) is 5.01 Å². The average molecular weight is 338 g/mol. The van der Waals surface area contributed by atoms with Gasteiger partial charge in [0.2, 0.25) is 0 Å². The predicted octanol–water partition coefficient (Wildman–Crippen LogP) is 5.50. The van der Waals surface area contributed by atoms with Gasteiger partial charge in [-0.05, 0) is 36.3 Å². The topological polar surface area (TPSA) is 15.6 Å². The molecule has 122 valence electrons. The third-order valence-corrected chi connectivity index (χ3v) is 3.70. The molecule has 0 aliphatic rings. The lowest BCUT2D eigenvalue weighted by atomic mass is 10.2. The molecule has 0 atom stereocenters. The summed E-state index contributed by atoms with van der Waals surface area (Å²) in [5, 5.41) is 5.27. The molecule has 0 saturated carbocycles. The smallest absolute Gasteiger partial charge is 0.234 e. The minimum Gasteiger partial charge on any atom is -0.234 e. The summed E-state index contributed by atoms with van der Waals surface area (Å²) in [6, 6.07) is 17.7. The number of thioether (sulfide) groups is 1. The monoisotopic (exact) mass is 338 g/mol. The van der Waals surface area contributed by atoms with E-state index in [1.165, 1.54) is 16.8 Å². The van der Waals surface area contributed by atoms with Gasteiger partial charge in [-0.2, -0.15) is 30.0 Å². The second-order valence-corrected chi connectivity index (χ2v) is 5.76. The number of hydrogen-bond donors (Lipinski definition) is 0. The Morgan fingerprint density at radius 1 is 0.957 bits per heavy atom. The molecule has 0 unspecified atom stereocenters. The Kier molecular flexibility index (Phi) is 6.10. The fourth-order valence-electron chi connectivity index (χ4n) is 1.97. The first-order valence-electron chi connectivity index (χ1n) is 7.06. The van der Waals surface area contributed by atoms with Crippen LogP contribution >= 0.6 is 11.8 Å². The van der Waals surface area contributed by atoms with Crippen molar-refractivity contribution < 1.29 is 13.2 Å². The molecule has 23 heavy (non-hydrogen) atoms. The van der Waals surface area contributed by atoms with Crippen LogP contribution in [0.1, 0.15) is 6.42 Å². The minimum atomic E-state index is -4.45. The fraction of sp³-hybridized carbons (Fsp3) is 0.235. The van der Waals surface area contributed by atoms with Gasteiger partial charge in [0, 0.05) is 6.42 Å². The number of alkyl halides is 3. The molecule has 0 radical (unpaired) electrons. The zero-order valence-electron chi connectivity index (χ0n) is 12.6. The van der Waals surface area contributed by atoms with Gasteiger partial charge >= 0.3 is 6.18 Å². The van der Waals surface area contributed by atoms with Gasteiger partial charge in [0.15, 0.2) is 0 Å². The van der Waals surface area contributed by atoms with E-state index in [4.69, 9.17) is 0 Å². The molecule has 0 aromatic heterocycles. The zero-order chi connectivity index (χ0) is 16.7. The quantitative estimate of drug-likeness (QED) is 0.511. The summed E-state index contributed by atoms with van der Waals surface area (Å²) in [7, 11) is 0. The first-order valence-corrected chi connectivity index (χ1v) is 8.45. The number of anilines is 2. The van der Waals surface area contributed by atoms with E-state index in [0.29, 0.717) is 17.1 Å². The highest BCUT2D eigenvalue weighted by atomic mass is 32.2. The van der Waals surface area contributed by atoms with Gasteiger partial charge < -0.3 is 0 Å². The zero-order valence-corrected chi connectivity index (χ0v) is 13.4. The van der Waals surface area contributed by atoms with E-state index in [2.05, 4.69) is 5.10 Å². The van der Waals surface area contributed by atoms with Crippen LogP contribution in [0.15, 0.2) is 65.8 Å². The summed E-state index contributed by atoms with van der Waals surface area (Å²) in [5.41, 5.74) is 0.397. The third-order valence-electron chi connectivity index (χ3n) is 3.09. The summed E-state index contributed by atoms with van der Waals surface area (Å²) < 4.78 is 39.8. The van der Waals surface area contributed by atoms with Crippen LogP contribution < -0.4 is 5.01 Å². The first kappa shape index (κ1) is 17.4. The molecule has 2 aromatic carbocycles. The Morgan fingerprint density at radius 2 is 1.43 bits per heavy atom. The molecule has 0 N–H and O–H groups in total. The molecule has 0 aliphatic heterocycles. The maximum Gasteiger partial charge on any atom is 0.431 e. The lowest BCUT2D eigenvalue weighted by Crippen LogP contribution is -2.27. The molecule has 0 amide bonds. The minimum absolute atomic E-state index is 0.124. The van der Waals surface area contributed by atoms with Crippen LogP contribution in [-0.4, -0.2) is 23.9 Å². The van der Waals surface area contributed by atoms with Crippen molar-refractivity contribution >= 4 is 28.8 Å². The number of hydrazone groups is 1. The van der Waals surface area contributed by atoms with E-state index in [9.17, 15) is 13.2 Å². The highest BCUT2D eigenvalue weighted by Crippen LogP contribution is 2.28. The fourth-order valence-corrected chi connectivity index (χ4v) is 2.37. The van der Waals surface area contributed by atoms with Gasteiger partial charge in [-0.15, -0.1) is 0 Å². The number of nitrogens with zero attached hydrogens (tertiary/aromatic N) is 2. The van der Waals surface area contributed by atoms with Crippen molar-refractivity contribution in [2.75, 3.05) is 17.0 Å². The maximum absolute atomic E-state index is 13.3. The summed E-state index contributed by atoms with van der Waals surface area (Å²) >= 11 is 1.37. The Labute approximate surface area is 138 Å². The SMILES string of the molecule is CSCC/C(=N\N(c1ccccc1)c1ccccc1)C(F)(F)F. The van der Waals surface area contributed by atoms with Crippen LogP contribution in [0, 0.1) is 0 Å². The molecule has 0 aliphatic carbocycles. The Bertz CT molecular complexity index is 588. The van der Waals surface area contributed by atoms with Gasteiger partial charge in [-0.3, -0.25) is 0 Å². The second-order valence-electron chi connectivity index (χ2n) is 4.77. The van der Waals surface area contributed by atoms with Gasteiger partial charge in [-0.1, -0.05) is 36.4 Å². The molecular formula is C17H17F3N2S. The second kappa shape index (κ2) is 8.06. The summed E-state index contributed by atoms with van der Waals surface area (Å²) in [4.78, 5) is 0. The third kappa shape index (κ3) is 5.03. The van der Waals surface area contributed by atoms with Crippen LogP contribution in [0.2, 0.25) is 0 Å². The van der Waals surface area contributed by atoms with E-state index in [1.807, 2.05) is 12.1 Å². The van der Waals surface area contributed by atoms with Crippen molar-refractivity contribution in [2.24, 2.45) is 5.10 Å². The lowest BCUT2D eigenvalue weighted by Gasteiger charge is -2.22.